The fraction of sp³-hybridized carbons (Fsp3) is 0.667. The first kappa shape index (κ1) is 32.8. The number of hydrogen-bond donors (Lipinski definition) is 5. The fourth-order valence-corrected chi connectivity index (χ4v) is 0.953. The molecule has 5 atom stereocenters. The van der Waals surface area contributed by atoms with Crippen molar-refractivity contribution in [2.24, 2.45) is 0 Å². The summed E-state index contributed by atoms with van der Waals surface area (Å²) >= 11 is 0. The molecule has 0 spiro atoms. The van der Waals surface area contributed by atoms with E-state index in [9.17, 15) is 24.0 Å². The summed E-state index contributed by atoms with van der Waals surface area (Å²) < 4.78 is 21.9. The predicted molar refractivity (Wildman–Crippen MR) is 86.9 cm³/mol. The van der Waals surface area contributed by atoms with Crippen LogP contribution in [0.25, 0.3) is 0 Å². The average molecular weight is 732 g/mol. The van der Waals surface area contributed by atoms with Crippen molar-refractivity contribution in [3.63, 3.8) is 0 Å². The van der Waals surface area contributed by atoms with Gasteiger partial charge in [-0.05, 0) is 0 Å². The largest absolute Gasteiger partial charge is 0.479 e. The minimum Gasteiger partial charge on any atom is -0.479 e. The Morgan fingerprint density at radius 2 is 0.531 bits per heavy atom. The fourth-order valence-electron chi connectivity index (χ4n) is 0.953. The molecule has 5 heterocycles. The Bertz CT molecular complexity index is 511. The molecule has 0 aromatic heterocycles. The smallest absolute Gasteiger partial charge is 0.335 e. The maximum atomic E-state index is 9.64. The van der Waals surface area contributed by atoms with Crippen LogP contribution >= 0.6 is 0 Å². The van der Waals surface area contributed by atoms with Gasteiger partial charge in [-0.3, -0.25) is 0 Å². The van der Waals surface area contributed by atoms with Gasteiger partial charge in [0, 0.05) is 43.4 Å². The summed E-state index contributed by atoms with van der Waals surface area (Å²) in [5.41, 5.74) is 0. The molecule has 0 aromatic rings. The van der Waals surface area contributed by atoms with Gasteiger partial charge in [-0.15, -0.1) is 0 Å². The van der Waals surface area contributed by atoms with Crippen LogP contribution in [-0.2, 0) is 91.1 Å². The molecule has 187 valence electrons. The summed E-state index contributed by atoms with van der Waals surface area (Å²) in [6.07, 6.45) is -2.41. The number of carbonyl (C=O) groups is 5. The third-order valence-corrected chi connectivity index (χ3v) is 3.04. The van der Waals surface area contributed by atoms with Gasteiger partial charge < -0.3 is 49.2 Å². The van der Waals surface area contributed by atoms with Crippen molar-refractivity contribution < 1.29 is 117 Å². The van der Waals surface area contributed by atoms with Crippen LogP contribution in [0.5, 0.6) is 0 Å². The number of rotatable bonds is 5. The van der Waals surface area contributed by atoms with Crippen LogP contribution in [0.1, 0.15) is 0 Å². The minimum atomic E-state index is -0.852. The summed E-state index contributed by atoms with van der Waals surface area (Å²) in [5.74, 6) is -4.26. The Morgan fingerprint density at radius 1 is 0.438 bits per heavy atom. The van der Waals surface area contributed by atoms with Crippen molar-refractivity contribution >= 4 is 29.8 Å². The third kappa shape index (κ3) is 19.3. The minimum absolute atomic E-state index is 0. The van der Waals surface area contributed by atoms with Crippen molar-refractivity contribution in [3.8, 4) is 0 Å². The van der Waals surface area contributed by atoms with Gasteiger partial charge in [-0.2, -0.15) is 0 Å². The maximum absolute atomic E-state index is 9.64. The number of carboxylic acids is 5. The molecular weight excluding hydrogens is 712 g/mol. The molecule has 0 saturated carbocycles. The third-order valence-electron chi connectivity index (χ3n) is 3.04. The van der Waals surface area contributed by atoms with E-state index >= 15 is 0 Å². The topological polar surface area (TPSA) is 249 Å². The zero-order valence-electron chi connectivity index (χ0n) is 16.0. The van der Waals surface area contributed by atoms with E-state index in [2.05, 4.69) is 23.7 Å². The standard InChI is InChI=1S/5C3H4O3.Ag.W/c5*4-3(5)2-1-6-2;;/h5*2H,1H2,(H,4,5);;. The second kappa shape index (κ2) is 16.2. The molecule has 17 heteroatoms. The zero-order chi connectivity index (χ0) is 22.8. The Hall–Kier alpha value is -1.42. The average Bonchev–Trinajstić information content (AvgIpc) is 3.57. The van der Waals surface area contributed by atoms with Crippen molar-refractivity contribution in [3.05, 3.63) is 0 Å². The van der Waals surface area contributed by atoms with Crippen molar-refractivity contribution in [1.29, 1.82) is 0 Å². The van der Waals surface area contributed by atoms with Crippen LogP contribution < -0.4 is 0 Å². The van der Waals surface area contributed by atoms with Crippen LogP contribution in [-0.4, -0.2) is 119 Å². The number of ether oxygens (including phenoxy) is 5. The number of carboxylic acid groups (broad SMARTS) is 5. The van der Waals surface area contributed by atoms with Gasteiger partial charge in [0.25, 0.3) is 0 Å². The molecule has 5 unspecified atom stereocenters. The van der Waals surface area contributed by atoms with Crippen LogP contribution in [0.2, 0.25) is 0 Å². The summed E-state index contributed by atoms with van der Waals surface area (Å²) in [7, 11) is 0. The Morgan fingerprint density at radius 3 is 0.531 bits per heavy atom. The monoisotopic (exact) mass is 731 g/mol. The summed E-state index contributed by atoms with van der Waals surface area (Å²) in [6.45, 7) is 1.99. The van der Waals surface area contributed by atoms with Crippen LogP contribution in [0.3, 0.4) is 0 Å². The second-order valence-corrected chi connectivity index (χ2v) is 5.80. The van der Waals surface area contributed by atoms with E-state index in [0.717, 1.165) is 0 Å². The number of hydrogen-bond acceptors (Lipinski definition) is 10. The van der Waals surface area contributed by atoms with E-state index in [-0.39, 0.29) is 43.4 Å². The van der Waals surface area contributed by atoms with E-state index < -0.39 is 60.4 Å². The summed E-state index contributed by atoms with van der Waals surface area (Å²) in [5, 5.41) is 39.6. The first-order valence-corrected chi connectivity index (χ1v) is 8.25. The quantitative estimate of drug-likeness (QED) is 0.143. The molecule has 5 fully saturated rings. The number of aliphatic carboxylic acids is 5. The maximum Gasteiger partial charge on any atom is 0.335 e. The molecule has 32 heavy (non-hydrogen) atoms. The van der Waals surface area contributed by atoms with Gasteiger partial charge in [0.1, 0.15) is 0 Å². The Balaban J connectivity index is 0. The molecule has 0 amide bonds. The van der Waals surface area contributed by atoms with E-state index in [1.807, 2.05) is 0 Å². The predicted octanol–water partition coefficient (Wildman–Crippen LogP) is -2.66. The van der Waals surface area contributed by atoms with Crippen LogP contribution in [0.4, 0.5) is 0 Å². The van der Waals surface area contributed by atoms with E-state index in [0.29, 0.717) is 33.0 Å². The first-order chi connectivity index (χ1) is 14.0. The SMILES string of the molecule is O=C(O)C1CO1.O=C(O)C1CO1.O=C(O)C1CO1.O=C(O)C1CO1.O=C(O)C1CO1.[Ag].[W]. The molecule has 0 aromatic carbocycles. The molecule has 0 aliphatic carbocycles. The van der Waals surface area contributed by atoms with Gasteiger partial charge >= 0.3 is 29.8 Å². The Kier molecular flexibility index (Phi) is 16.6. The molecular formula is C15H20AgO15W. The van der Waals surface area contributed by atoms with E-state index in [4.69, 9.17) is 25.5 Å². The Labute approximate surface area is 209 Å². The first-order valence-electron chi connectivity index (χ1n) is 8.25. The van der Waals surface area contributed by atoms with E-state index in [1.54, 1.807) is 0 Å². The molecule has 5 aliphatic rings. The van der Waals surface area contributed by atoms with Crippen LogP contribution in [0.15, 0.2) is 0 Å². The van der Waals surface area contributed by atoms with Gasteiger partial charge in [0.05, 0.1) is 33.0 Å². The molecule has 0 bridgehead atoms. The normalized spacial score (nSPS) is 27.8. The molecule has 1 radical (unpaired) electrons. The molecule has 5 rings (SSSR count). The molecule has 5 saturated heterocycles. The van der Waals surface area contributed by atoms with Crippen LogP contribution in [0, 0.1) is 0 Å². The molecule has 15 nitrogen and oxygen atoms in total. The molecule has 5 aliphatic heterocycles. The zero-order valence-corrected chi connectivity index (χ0v) is 20.4. The summed E-state index contributed by atoms with van der Waals surface area (Å²) in [6, 6.07) is 0. The van der Waals surface area contributed by atoms with Gasteiger partial charge in [0.15, 0.2) is 30.5 Å². The second-order valence-electron chi connectivity index (χ2n) is 5.80. The number of epoxide rings is 5. The van der Waals surface area contributed by atoms with Crippen molar-refractivity contribution in [2.75, 3.05) is 33.0 Å². The molecule has 5 N–H and O–H groups in total. The van der Waals surface area contributed by atoms with Crippen molar-refractivity contribution in [1.82, 2.24) is 0 Å². The summed E-state index contributed by atoms with van der Waals surface area (Å²) in [4.78, 5) is 48.2. The van der Waals surface area contributed by atoms with E-state index in [1.165, 1.54) is 0 Å². The van der Waals surface area contributed by atoms with Gasteiger partial charge in [-0.1, -0.05) is 0 Å². The van der Waals surface area contributed by atoms with Crippen molar-refractivity contribution in [2.45, 2.75) is 30.5 Å². The van der Waals surface area contributed by atoms with Gasteiger partial charge in [0.2, 0.25) is 0 Å². The van der Waals surface area contributed by atoms with Gasteiger partial charge in [-0.25, -0.2) is 24.0 Å².